The van der Waals surface area contributed by atoms with E-state index in [9.17, 15) is 4.79 Å². The second kappa shape index (κ2) is 7.90. The Kier molecular flexibility index (Phi) is 5.41. The van der Waals surface area contributed by atoms with Gasteiger partial charge in [-0.3, -0.25) is 9.78 Å². The van der Waals surface area contributed by atoms with Gasteiger partial charge in [0.05, 0.1) is 24.1 Å². The van der Waals surface area contributed by atoms with E-state index in [2.05, 4.69) is 27.1 Å². The molecule has 1 saturated heterocycles. The molecule has 5 nitrogen and oxygen atoms in total. The van der Waals surface area contributed by atoms with Crippen molar-refractivity contribution in [2.24, 2.45) is 0 Å². The molecule has 1 N–H and O–H groups in total. The van der Waals surface area contributed by atoms with Crippen molar-refractivity contribution in [2.45, 2.75) is 45.2 Å². The lowest BCUT2D eigenvalue weighted by Crippen LogP contribution is -2.39. The summed E-state index contributed by atoms with van der Waals surface area (Å²) in [6, 6.07) is 10.1. The number of hydrogen-bond donors (Lipinski definition) is 1. The van der Waals surface area contributed by atoms with Crippen molar-refractivity contribution in [1.82, 2.24) is 15.3 Å². The van der Waals surface area contributed by atoms with Gasteiger partial charge in [-0.05, 0) is 49.9 Å². The number of carbonyl (C=O) groups is 1. The first-order valence-electron chi connectivity index (χ1n) is 8.68. The van der Waals surface area contributed by atoms with Gasteiger partial charge in [0.2, 0.25) is 0 Å². The highest BCUT2D eigenvalue weighted by atomic mass is 16.1. The van der Waals surface area contributed by atoms with Crippen molar-refractivity contribution in [3.8, 4) is 0 Å². The highest BCUT2D eigenvalue weighted by molar-refractivity contribution is 5.92. The molecule has 5 heteroatoms. The average molecular weight is 324 g/mol. The summed E-state index contributed by atoms with van der Waals surface area (Å²) in [6.45, 7) is 3.72. The Balaban J connectivity index is 1.62. The molecule has 0 bridgehead atoms. The summed E-state index contributed by atoms with van der Waals surface area (Å²) in [5.74, 6) is -0.169. The minimum atomic E-state index is -0.169. The number of amides is 1. The van der Waals surface area contributed by atoms with Crippen LogP contribution < -0.4 is 10.2 Å². The van der Waals surface area contributed by atoms with E-state index in [-0.39, 0.29) is 5.91 Å². The summed E-state index contributed by atoms with van der Waals surface area (Å²) in [4.78, 5) is 23.2. The molecule has 0 saturated carbocycles. The van der Waals surface area contributed by atoms with Crippen LogP contribution in [0.4, 0.5) is 5.69 Å². The van der Waals surface area contributed by atoms with Crippen molar-refractivity contribution in [1.29, 1.82) is 0 Å². The molecule has 1 unspecified atom stereocenters. The lowest BCUT2D eigenvalue weighted by molar-refractivity contribution is 0.0945. The van der Waals surface area contributed by atoms with Gasteiger partial charge in [0.25, 0.3) is 5.91 Å². The number of carbonyl (C=O) groups excluding carboxylic acids is 1. The van der Waals surface area contributed by atoms with E-state index in [4.69, 9.17) is 0 Å². The van der Waals surface area contributed by atoms with Crippen LogP contribution in [-0.2, 0) is 6.54 Å². The quantitative estimate of drug-likeness (QED) is 0.918. The third-order valence-corrected chi connectivity index (χ3v) is 4.57. The van der Waals surface area contributed by atoms with Crippen molar-refractivity contribution in [3.05, 3.63) is 54.1 Å². The molecule has 2 aromatic rings. The fourth-order valence-electron chi connectivity index (χ4n) is 3.22. The largest absolute Gasteiger partial charge is 0.367 e. The van der Waals surface area contributed by atoms with E-state index >= 15 is 0 Å². The first-order valence-corrected chi connectivity index (χ1v) is 8.68. The summed E-state index contributed by atoms with van der Waals surface area (Å²) >= 11 is 0. The third-order valence-electron chi connectivity index (χ3n) is 4.57. The number of nitrogens with zero attached hydrogens (tertiary/aromatic N) is 3. The monoisotopic (exact) mass is 324 g/mol. The molecule has 0 spiro atoms. The van der Waals surface area contributed by atoms with Gasteiger partial charge in [0, 0.05) is 18.8 Å². The number of rotatable bonds is 5. The Morgan fingerprint density at radius 1 is 1.25 bits per heavy atom. The van der Waals surface area contributed by atoms with Crippen LogP contribution in [0.1, 0.15) is 48.8 Å². The highest BCUT2D eigenvalue weighted by Gasteiger charge is 2.21. The third kappa shape index (κ3) is 3.91. The van der Waals surface area contributed by atoms with E-state index in [0.29, 0.717) is 18.3 Å². The van der Waals surface area contributed by atoms with Crippen LogP contribution in [0.3, 0.4) is 0 Å². The fraction of sp³-hybridized carbons (Fsp3) is 0.421. The van der Waals surface area contributed by atoms with Gasteiger partial charge in [-0.1, -0.05) is 13.0 Å². The van der Waals surface area contributed by atoms with Crippen LogP contribution >= 0.6 is 0 Å². The topological polar surface area (TPSA) is 58.1 Å². The first kappa shape index (κ1) is 16.4. The van der Waals surface area contributed by atoms with Crippen LogP contribution in [0.5, 0.6) is 0 Å². The molecule has 1 aliphatic heterocycles. The average Bonchev–Trinajstić information content (AvgIpc) is 2.67. The predicted octanol–water partition coefficient (Wildman–Crippen LogP) is 3.18. The summed E-state index contributed by atoms with van der Waals surface area (Å²) < 4.78 is 0. The van der Waals surface area contributed by atoms with Crippen LogP contribution in [0.15, 0.2) is 42.7 Å². The lowest BCUT2D eigenvalue weighted by atomic mass is 9.99. The number of pyridine rings is 2. The van der Waals surface area contributed by atoms with E-state index in [1.807, 2.05) is 36.5 Å². The molecule has 3 rings (SSSR count). The molecule has 24 heavy (non-hydrogen) atoms. The summed E-state index contributed by atoms with van der Waals surface area (Å²) in [6.07, 6.45) is 8.45. The first-order chi connectivity index (χ1) is 11.8. The second-order valence-electron chi connectivity index (χ2n) is 6.16. The molecule has 1 amide bonds. The normalized spacial score (nSPS) is 17.5. The molecular weight excluding hydrogens is 300 g/mol. The molecule has 0 aliphatic carbocycles. The number of piperidine rings is 1. The Bertz CT molecular complexity index is 657. The molecule has 126 valence electrons. The standard InChI is InChI=1S/C19H24N4O/c1-2-16-8-4-6-12-23(16)17-9-10-18(21-14-17)19(24)22-13-15-7-3-5-11-20-15/h3,5,7,9-11,14,16H,2,4,6,8,12-13H2,1H3,(H,22,24). The number of anilines is 1. The molecule has 0 radical (unpaired) electrons. The van der Waals surface area contributed by atoms with Crippen LogP contribution in [-0.4, -0.2) is 28.5 Å². The van der Waals surface area contributed by atoms with Gasteiger partial charge in [0.15, 0.2) is 0 Å². The molecular formula is C19H24N4O. The molecule has 0 aromatic carbocycles. The molecule has 3 heterocycles. The van der Waals surface area contributed by atoms with Gasteiger partial charge in [-0.15, -0.1) is 0 Å². The molecule has 2 aromatic heterocycles. The van der Waals surface area contributed by atoms with Gasteiger partial charge in [-0.25, -0.2) is 4.98 Å². The van der Waals surface area contributed by atoms with Crippen LogP contribution in [0.2, 0.25) is 0 Å². The fourth-order valence-corrected chi connectivity index (χ4v) is 3.22. The Hall–Kier alpha value is -2.43. The SMILES string of the molecule is CCC1CCCCN1c1ccc(C(=O)NCc2ccccn2)nc1. The zero-order valence-electron chi connectivity index (χ0n) is 14.1. The molecule has 1 atom stereocenters. The smallest absolute Gasteiger partial charge is 0.270 e. The zero-order chi connectivity index (χ0) is 16.8. The van der Waals surface area contributed by atoms with Crippen molar-refractivity contribution in [2.75, 3.05) is 11.4 Å². The van der Waals surface area contributed by atoms with Gasteiger partial charge in [0.1, 0.15) is 5.69 Å². The predicted molar refractivity (Wildman–Crippen MR) is 94.9 cm³/mol. The Morgan fingerprint density at radius 2 is 2.17 bits per heavy atom. The summed E-state index contributed by atoms with van der Waals surface area (Å²) in [5.41, 5.74) is 2.39. The maximum Gasteiger partial charge on any atom is 0.270 e. The van der Waals surface area contributed by atoms with Gasteiger partial charge < -0.3 is 10.2 Å². The summed E-state index contributed by atoms with van der Waals surface area (Å²) in [5, 5.41) is 2.86. The molecule has 1 fully saturated rings. The second-order valence-corrected chi connectivity index (χ2v) is 6.16. The maximum atomic E-state index is 12.2. The molecule has 1 aliphatic rings. The van der Waals surface area contributed by atoms with Crippen molar-refractivity contribution in [3.63, 3.8) is 0 Å². The van der Waals surface area contributed by atoms with Gasteiger partial charge >= 0.3 is 0 Å². The number of aromatic nitrogens is 2. The van der Waals surface area contributed by atoms with Crippen LogP contribution in [0.25, 0.3) is 0 Å². The highest BCUT2D eigenvalue weighted by Crippen LogP contribution is 2.25. The van der Waals surface area contributed by atoms with Crippen molar-refractivity contribution >= 4 is 11.6 Å². The van der Waals surface area contributed by atoms with E-state index < -0.39 is 0 Å². The minimum absolute atomic E-state index is 0.169. The Morgan fingerprint density at radius 3 is 2.88 bits per heavy atom. The van der Waals surface area contributed by atoms with Crippen LogP contribution in [0, 0.1) is 0 Å². The zero-order valence-corrected chi connectivity index (χ0v) is 14.1. The van der Waals surface area contributed by atoms with Crippen molar-refractivity contribution < 1.29 is 4.79 Å². The van der Waals surface area contributed by atoms with E-state index in [1.165, 1.54) is 19.3 Å². The van der Waals surface area contributed by atoms with E-state index in [0.717, 1.165) is 24.3 Å². The Labute approximate surface area is 143 Å². The lowest BCUT2D eigenvalue weighted by Gasteiger charge is -2.37. The minimum Gasteiger partial charge on any atom is -0.367 e. The number of nitrogens with one attached hydrogen (secondary N) is 1. The summed E-state index contributed by atoms with van der Waals surface area (Å²) in [7, 11) is 0. The van der Waals surface area contributed by atoms with E-state index in [1.54, 1.807) is 6.20 Å². The number of hydrogen-bond acceptors (Lipinski definition) is 4. The maximum absolute atomic E-state index is 12.2. The van der Waals surface area contributed by atoms with Gasteiger partial charge in [-0.2, -0.15) is 0 Å².